The molecule has 0 bridgehead atoms. The normalized spacial score (nSPS) is 10.7. The molecule has 1 heterocycles. The number of non-ortho nitro benzene ring substituents is 1. The first-order valence-corrected chi connectivity index (χ1v) is 10.3. The number of benzene rings is 3. The highest BCUT2D eigenvalue weighted by atomic mass is 35.5. The van der Waals surface area contributed by atoms with Crippen LogP contribution in [0.25, 0.3) is 16.9 Å². The van der Waals surface area contributed by atoms with Crippen molar-refractivity contribution in [3.05, 3.63) is 110 Å². The fourth-order valence-electron chi connectivity index (χ4n) is 3.12. The predicted molar refractivity (Wildman–Crippen MR) is 123 cm³/mol. The third-order valence-electron chi connectivity index (χ3n) is 4.76. The summed E-state index contributed by atoms with van der Waals surface area (Å²) < 4.78 is 1.47. The van der Waals surface area contributed by atoms with E-state index >= 15 is 0 Å². The van der Waals surface area contributed by atoms with Gasteiger partial charge >= 0.3 is 0 Å². The summed E-state index contributed by atoms with van der Waals surface area (Å²) in [4.78, 5) is 23.5. The first-order chi connectivity index (χ1) is 15.4. The molecule has 0 aliphatic carbocycles. The van der Waals surface area contributed by atoms with Gasteiger partial charge in [-0.1, -0.05) is 53.5 Å². The molecule has 0 spiro atoms. The zero-order chi connectivity index (χ0) is 22.7. The number of nitro groups is 1. The van der Waals surface area contributed by atoms with Crippen LogP contribution in [0.15, 0.2) is 78.9 Å². The van der Waals surface area contributed by atoms with Crippen molar-refractivity contribution in [1.29, 1.82) is 0 Å². The van der Waals surface area contributed by atoms with Crippen molar-refractivity contribution in [1.82, 2.24) is 15.1 Å². The van der Waals surface area contributed by atoms with Gasteiger partial charge in [0.15, 0.2) is 0 Å². The highest BCUT2D eigenvalue weighted by molar-refractivity contribution is 6.42. The zero-order valence-electron chi connectivity index (χ0n) is 16.5. The van der Waals surface area contributed by atoms with Crippen LogP contribution in [0, 0.1) is 10.1 Å². The smallest absolute Gasteiger partial charge is 0.270 e. The standard InChI is InChI=1S/C23H16Cl2N4O3/c24-19-11-10-18(12-20(19)25)28-22(23(30)26-14-15-4-2-1-3-5-15)13-21(27-28)16-6-8-17(9-7-16)29(31)32/h1-13H,14H2,(H,26,30). The number of carbonyl (C=O) groups is 1. The number of hydrogen-bond acceptors (Lipinski definition) is 4. The van der Waals surface area contributed by atoms with E-state index in [4.69, 9.17) is 23.2 Å². The summed E-state index contributed by atoms with van der Waals surface area (Å²) in [5.74, 6) is -0.333. The lowest BCUT2D eigenvalue weighted by Crippen LogP contribution is -2.25. The Labute approximate surface area is 193 Å². The quantitative estimate of drug-likeness (QED) is 0.292. The maximum Gasteiger partial charge on any atom is 0.270 e. The number of halogens is 2. The minimum Gasteiger partial charge on any atom is -0.347 e. The molecule has 0 saturated heterocycles. The molecule has 7 nitrogen and oxygen atoms in total. The summed E-state index contributed by atoms with van der Waals surface area (Å²) >= 11 is 12.2. The van der Waals surface area contributed by atoms with Crippen molar-refractivity contribution in [2.24, 2.45) is 0 Å². The molecule has 9 heteroatoms. The fourth-order valence-corrected chi connectivity index (χ4v) is 3.41. The molecule has 0 radical (unpaired) electrons. The number of rotatable bonds is 6. The molecule has 0 unspecified atom stereocenters. The van der Waals surface area contributed by atoms with Crippen LogP contribution in [0.4, 0.5) is 5.69 Å². The van der Waals surface area contributed by atoms with Gasteiger partial charge in [-0.25, -0.2) is 4.68 Å². The minimum absolute atomic E-state index is 0.0292. The van der Waals surface area contributed by atoms with E-state index in [0.29, 0.717) is 33.5 Å². The topological polar surface area (TPSA) is 90.1 Å². The van der Waals surface area contributed by atoms with Crippen LogP contribution in [-0.4, -0.2) is 20.6 Å². The first-order valence-electron chi connectivity index (χ1n) is 9.55. The highest BCUT2D eigenvalue weighted by Gasteiger charge is 2.19. The molecule has 4 rings (SSSR count). The average molecular weight is 467 g/mol. The Morgan fingerprint density at radius 3 is 2.34 bits per heavy atom. The summed E-state index contributed by atoms with van der Waals surface area (Å²) in [7, 11) is 0. The lowest BCUT2D eigenvalue weighted by atomic mass is 10.1. The summed E-state index contributed by atoms with van der Waals surface area (Å²) in [6.45, 7) is 0.346. The SMILES string of the molecule is O=C(NCc1ccccc1)c1cc(-c2ccc([N+](=O)[O-])cc2)nn1-c1ccc(Cl)c(Cl)c1. The second-order valence-electron chi connectivity index (χ2n) is 6.90. The van der Waals surface area contributed by atoms with Crippen molar-refractivity contribution < 1.29 is 9.72 Å². The van der Waals surface area contributed by atoms with Crippen LogP contribution in [-0.2, 0) is 6.54 Å². The third kappa shape index (κ3) is 4.64. The van der Waals surface area contributed by atoms with Crippen molar-refractivity contribution in [3.63, 3.8) is 0 Å². The van der Waals surface area contributed by atoms with Gasteiger partial charge in [0, 0.05) is 24.2 Å². The number of carbonyl (C=O) groups excluding carboxylic acids is 1. The van der Waals surface area contributed by atoms with Crippen LogP contribution >= 0.6 is 23.2 Å². The van der Waals surface area contributed by atoms with Gasteiger partial charge in [0.25, 0.3) is 11.6 Å². The molecule has 3 aromatic carbocycles. The van der Waals surface area contributed by atoms with E-state index in [2.05, 4.69) is 10.4 Å². The Hall–Kier alpha value is -3.68. The largest absolute Gasteiger partial charge is 0.347 e. The summed E-state index contributed by atoms with van der Waals surface area (Å²) in [6, 6.07) is 22.1. The summed E-state index contributed by atoms with van der Waals surface area (Å²) in [5.41, 5.74) is 2.88. The van der Waals surface area contributed by atoms with E-state index in [1.807, 2.05) is 30.3 Å². The third-order valence-corrected chi connectivity index (χ3v) is 5.50. The monoisotopic (exact) mass is 466 g/mol. The van der Waals surface area contributed by atoms with Crippen molar-refractivity contribution in [3.8, 4) is 16.9 Å². The number of nitrogens with one attached hydrogen (secondary N) is 1. The van der Waals surface area contributed by atoms with Gasteiger partial charge in [-0.2, -0.15) is 5.10 Å². The Morgan fingerprint density at radius 2 is 1.69 bits per heavy atom. The molecule has 1 aromatic heterocycles. The van der Waals surface area contributed by atoms with Gasteiger partial charge < -0.3 is 5.32 Å². The molecule has 0 aliphatic rings. The van der Waals surface area contributed by atoms with E-state index in [9.17, 15) is 14.9 Å². The van der Waals surface area contributed by atoms with Crippen LogP contribution < -0.4 is 5.32 Å². The van der Waals surface area contributed by atoms with Gasteiger partial charge in [0.1, 0.15) is 5.69 Å². The molecule has 0 fully saturated rings. The Morgan fingerprint density at radius 1 is 0.969 bits per heavy atom. The zero-order valence-corrected chi connectivity index (χ0v) is 18.0. The molecule has 160 valence electrons. The lowest BCUT2D eigenvalue weighted by molar-refractivity contribution is -0.384. The van der Waals surface area contributed by atoms with Crippen LogP contribution in [0.2, 0.25) is 10.0 Å². The molecule has 0 atom stereocenters. The first kappa shape index (κ1) is 21.5. The average Bonchev–Trinajstić information content (AvgIpc) is 3.25. The van der Waals surface area contributed by atoms with Gasteiger partial charge in [-0.05, 0) is 42.0 Å². The van der Waals surface area contributed by atoms with Crippen LogP contribution in [0.5, 0.6) is 0 Å². The Balaban J connectivity index is 1.71. The molecular formula is C23H16Cl2N4O3. The number of hydrogen-bond donors (Lipinski definition) is 1. The highest BCUT2D eigenvalue weighted by Crippen LogP contribution is 2.28. The molecule has 1 amide bonds. The maximum atomic E-state index is 13.0. The number of amides is 1. The van der Waals surface area contributed by atoms with Crippen LogP contribution in [0.3, 0.4) is 0 Å². The van der Waals surface area contributed by atoms with Crippen LogP contribution in [0.1, 0.15) is 16.1 Å². The molecular weight excluding hydrogens is 451 g/mol. The van der Waals surface area contributed by atoms with E-state index in [1.54, 1.807) is 36.4 Å². The number of nitrogens with zero attached hydrogens (tertiary/aromatic N) is 3. The van der Waals surface area contributed by atoms with E-state index in [1.165, 1.54) is 16.8 Å². The van der Waals surface area contributed by atoms with Gasteiger partial charge in [0.05, 0.1) is 26.3 Å². The Bertz CT molecular complexity index is 1290. The van der Waals surface area contributed by atoms with Crippen molar-refractivity contribution in [2.45, 2.75) is 6.54 Å². The summed E-state index contributed by atoms with van der Waals surface area (Å²) in [6.07, 6.45) is 0. The van der Waals surface area contributed by atoms with E-state index in [0.717, 1.165) is 5.56 Å². The maximum absolute atomic E-state index is 13.0. The van der Waals surface area contributed by atoms with E-state index in [-0.39, 0.29) is 17.3 Å². The number of aromatic nitrogens is 2. The predicted octanol–water partition coefficient (Wildman–Crippen LogP) is 5.68. The van der Waals surface area contributed by atoms with Gasteiger partial charge in [0.2, 0.25) is 0 Å². The molecule has 0 aliphatic heterocycles. The van der Waals surface area contributed by atoms with Gasteiger partial charge in [-0.15, -0.1) is 0 Å². The fraction of sp³-hybridized carbons (Fsp3) is 0.0435. The second kappa shape index (κ2) is 9.21. The molecule has 0 saturated carbocycles. The minimum atomic E-state index is -0.472. The molecule has 4 aromatic rings. The lowest BCUT2D eigenvalue weighted by Gasteiger charge is -2.09. The van der Waals surface area contributed by atoms with Crippen molar-refractivity contribution in [2.75, 3.05) is 0 Å². The Kier molecular flexibility index (Phi) is 6.20. The van der Waals surface area contributed by atoms with Gasteiger partial charge in [-0.3, -0.25) is 14.9 Å². The summed E-state index contributed by atoms with van der Waals surface area (Å²) in [5, 5.41) is 19.1. The molecule has 32 heavy (non-hydrogen) atoms. The molecule has 1 N–H and O–H groups in total. The second-order valence-corrected chi connectivity index (χ2v) is 7.71. The number of nitro benzene ring substituents is 1. The van der Waals surface area contributed by atoms with Crippen molar-refractivity contribution >= 4 is 34.8 Å². The van der Waals surface area contributed by atoms with E-state index < -0.39 is 4.92 Å².